The van der Waals surface area contributed by atoms with Crippen LogP contribution in [0.3, 0.4) is 0 Å². The molecule has 4 aromatic heterocycles. The fourth-order valence-electron chi connectivity index (χ4n) is 7.99. The first-order valence-electron chi connectivity index (χ1n) is 16.2. The summed E-state index contributed by atoms with van der Waals surface area (Å²) in [5.74, 6) is 2.35. The van der Waals surface area contributed by atoms with Gasteiger partial charge in [-0.05, 0) is 35.6 Å². The summed E-state index contributed by atoms with van der Waals surface area (Å²) in [6, 6.07) is 55.2. The normalized spacial score (nSPS) is 14.2. The molecule has 6 heteroatoms. The van der Waals surface area contributed by atoms with Gasteiger partial charge in [-0.15, -0.1) is 64.9 Å². The Morgan fingerprint density at radius 1 is 0.673 bits per heavy atom. The maximum atomic E-state index is 4.95. The number of fused-ring (bicyclic) bond motifs is 9. The van der Waals surface area contributed by atoms with E-state index in [1.165, 1.54) is 48.9 Å². The summed E-state index contributed by atoms with van der Waals surface area (Å²) in [7, 11) is 1.41. The molecule has 4 heterocycles. The van der Waals surface area contributed by atoms with Crippen LogP contribution in [0.5, 0.6) is 0 Å². The summed E-state index contributed by atoms with van der Waals surface area (Å²) in [6.07, 6.45) is 1.98. The van der Waals surface area contributed by atoms with Crippen molar-refractivity contribution in [2.24, 2.45) is 7.05 Å². The van der Waals surface area contributed by atoms with E-state index in [0.717, 1.165) is 38.6 Å². The van der Waals surface area contributed by atoms with Crippen LogP contribution in [0.2, 0.25) is 0 Å². The van der Waals surface area contributed by atoms with Gasteiger partial charge in [0.2, 0.25) is 0 Å². The van der Waals surface area contributed by atoms with Gasteiger partial charge in [-0.1, -0.05) is 101 Å². The van der Waals surface area contributed by atoms with Gasteiger partial charge in [0.25, 0.3) is 0 Å². The molecule has 0 radical (unpaired) electrons. The van der Waals surface area contributed by atoms with Crippen molar-refractivity contribution in [2.45, 2.75) is 6.04 Å². The van der Waals surface area contributed by atoms with Crippen molar-refractivity contribution in [1.82, 2.24) is 18.9 Å². The Kier molecular flexibility index (Phi) is 6.20. The topological polar surface area (TPSA) is 27.7 Å². The first-order chi connectivity index (χ1) is 23.7. The molecule has 49 heavy (non-hydrogen) atoms. The van der Waals surface area contributed by atoms with Gasteiger partial charge in [0.1, 0.15) is 0 Å². The van der Waals surface area contributed by atoms with Crippen LogP contribution < -0.4 is 0 Å². The first kappa shape index (κ1) is 28.7. The van der Waals surface area contributed by atoms with Crippen LogP contribution >= 0.6 is 7.53 Å². The molecule has 0 spiro atoms. The molecule has 4 nitrogen and oxygen atoms in total. The summed E-state index contributed by atoms with van der Waals surface area (Å²) in [5.41, 5.74) is 11.7. The Morgan fingerprint density at radius 3 is 2.35 bits per heavy atom. The van der Waals surface area contributed by atoms with E-state index in [4.69, 9.17) is 5.10 Å². The van der Waals surface area contributed by atoms with Crippen molar-refractivity contribution in [3.8, 4) is 22.2 Å². The molecule has 6 aromatic carbocycles. The van der Waals surface area contributed by atoms with Gasteiger partial charge in [0.05, 0.1) is 17.8 Å². The van der Waals surface area contributed by atoms with Crippen LogP contribution in [0.25, 0.3) is 76.4 Å². The van der Waals surface area contributed by atoms with Gasteiger partial charge in [-0.3, -0.25) is 4.68 Å². The number of nitrogens with zero attached hydrogens (tertiary/aromatic N) is 4. The molecule has 2 unspecified atom stereocenters. The molecular formula is C43H26MnN4P. The van der Waals surface area contributed by atoms with Crippen LogP contribution in [0.1, 0.15) is 17.2 Å². The minimum atomic E-state index is -0.751. The average Bonchev–Trinajstić information content (AvgIpc) is 3.94. The second-order valence-electron chi connectivity index (χ2n) is 12.7. The number of para-hydroxylation sites is 3. The molecule has 1 aliphatic rings. The molecule has 11 rings (SSSR count). The largest absolute Gasteiger partial charge is 3.00 e. The van der Waals surface area contributed by atoms with Crippen LogP contribution in [0.4, 0.5) is 0 Å². The van der Waals surface area contributed by atoms with Crippen molar-refractivity contribution in [3.63, 3.8) is 0 Å². The van der Waals surface area contributed by atoms with E-state index in [0.29, 0.717) is 0 Å². The molecule has 10 aromatic rings. The molecule has 0 N–H and O–H groups in total. The number of benzene rings is 6. The standard InChI is InChI=1S/C43H26N4P.Mn/c1-45-37-15-7-2-10-28(37)22-42(45)48-21-20-27-18-19-30(23-41(27)48)46-39-17-9-6-13-32(39)35-24-34-31-12-4-5-14-33(31)43(36(34)25-40(35)46)47-38-16-8-3-11-29(38)26-44-47;/h2-21,24,26,43H,1H3;/q-3;+3. The van der Waals surface area contributed by atoms with Gasteiger partial charge >= 0.3 is 17.1 Å². The summed E-state index contributed by atoms with van der Waals surface area (Å²) in [6.45, 7) is 0. The maximum Gasteiger partial charge on any atom is 3.00 e. The molecule has 0 saturated carbocycles. The molecule has 2 atom stereocenters. The summed E-state index contributed by atoms with van der Waals surface area (Å²) < 4.78 is 6.84. The minimum absolute atomic E-state index is 0. The van der Waals surface area contributed by atoms with E-state index < -0.39 is 7.53 Å². The van der Waals surface area contributed by atoms with Gasteiger partial charge in [0, 0.05) is 10.9 Å². The van der Waals surface area contributed by atoms with Gasteiger partial charge in [0.15, 0.2) is 0 Å². The molecule has 1 aliphatic carbocycles. The van der Waals surface area contributed by atoms with E-state index in [1.54, 1.807) is 0 Å². The fraction of sp³-hybridized carbons (Fsp3) is 0.0465. The fourth-order valence-corrected chi connectivity index (χ4v) is 10.1. The minimum Gasteiger partial charge on any atom is -0.404 e. The van der Waals surface area contributed by atoms with Crippen molar-refractivity contribution >= 4 is 61.6 Å². The number of hydrogen-bond donors (Lipinski definition) is 0. The zero-order valence-electron chi connectivity index (χ0n) is 26.4. The van der Waals surface area contributed by atoms with Crippen LogP contribution in [-0.4, -0.2) is 18.9 Å². The second kappa shape index (κ2) is 10.6. The van der Waals surface area contributed by atoms with Gasteiger partial charge in [-0.25, -0.2) is 0 Å². The number of hydrogen-bond acceptors (Lipinski definition) is 1. The molecule has 230 valence electrons. The molecule has 0 aliphatic heterocycles. The van der Waals surface area contributed by atoms with E-state index >= 15 is 0 Å². The predicted molar refractivity (Wildman–Crippen MR) is 198 cm³/mol. The van der Waals surface area contributed by atoms with Crippen molar-refractivity contribution < 1.29 is 17.1 Å². The van der Waals surface area contributed by atoms with Crippen molar-refractivity contribution in [3.05, 3.63) is 163 Å². The molecule has 0 amide bonds. The smallest absolute Gasteiger partial charge is 0.404 e. The predicted octanol–water partition coefficient (Wildman–Crippen LogP) is 10.8. The number of aromatic nitrogens is 4. The van der Waals surface area contributed by atoms with E-state index in [-0.39, 0.29) is 23.1 Å². The van der Waals surface area contributed by atoms with Gasteiger partial charge in [-0.2, -0.15) is 34.8 Å². The van der Waals surface area contributed by atoms with Crippen LogP contribution in [0.15, 0.2) is 133 Å². The molecule has 0 saturated heterocycles. The van der Waals surface area contributed by atoms with Crippen LogP contribution in [0, 0.1) is 18.2 Å². The quantitative estimate of drug-likeness (QED) is 0.134. The SMILES string of the molecule is Cn1c(-p2ccc3ccc(-n4c5[c-]c6c(cc5c5ccccc54)-c4ccccc4C6n4ncc5ccccc54)[c-]c32)[c-]c2ccccc21.[Mn+3]. The van der Waals surface area contributed by atoms with Crippen molar-refractivity contribution in [2.75, 3.05) is 0 Å². The monoisotopic (exact) mass is 684 g/mol. The van der Waals surface area contributed by atoms with Gasteiger partial charge < -0.3 is 9.13 Å². The zero-order chi connectivity index (χ0) is 31.5. The number of aryl methyl sites for hydroxylation is 1. The Bertz CT molecular complexity index is 2940. The Morgan fingerprint density at radius 2 is 1.45 bits per heavy atom. The summed E-state index contributed by atoms with van der Waals surface area (Å²) >= 11 is 0. The maximum absolute atomic E-state index is 4.95. The molecule has 0 fully saturated rings. The summed E-state index contributed by atoms with van der Waals surface area (Å²) in [5, 5.41) is 12.1. The third-order valence-electron chi connectivity index (χ3n) is 10.2. The zero-order valence-corrected chi connectivity index (χ0v) is 28.5. The number of rotatable bonds is 3. The van der Waals surface area contributed by atoms with E-state index in [2.05, 4.69) is 166 Å². The Balaban J connectivity index is 0.00000306. The average molecular weight is 685 g/mol. The third kappa shape index (κ3) is 3.95. The molecule has 0 bridgehead atoms. The molecular weight excluding hydrogens is 658 g/mol. The van der Waals surface area contributed by atoms with E-state index in [1.807, 2.05) is 6.20 Å². The van der Waals surface area contributed by atoms with Crippen LogP contribution in [-0.2, 0) is 24.1 Å². The summed E-state index contributed by atoms with van der Waals surface area (Å²) in [4.78, 5) is 0. The second-order valence-corrected chi connectivity index (χ2v) is 14.6. The van der Waals surface area contributed by atoms with Crippen molar-refractivity contribution in [1.29, 1.82) is 0 Å². The first-order valence-corrected chi connectivity index (χ1v) is 17.7. The van der Waals surface area contributed by atoms with E-state index in [9.17, 15) is 0 Å². The Labute approximate surface area is 294 Å². The third-order valence-corrected chi connectivity index (χ3v) is 12.4. The Hall–Kier alpha value is -5.31.